The van der Waals surface area contributed by atoms with Gasteiger partial charge in [0.2, 0.25) is 0 Å². The molecule has 9 nitrogen and oxygen atoms in total. The molecule has 0 spiro atoms. The minimum atomic E-state index is -0.0837. The van der Waals surface area contributed by atoms with E-state index in [1.807, 2.05) is 42.5 Å². The zero-order valence-corrected chi connectivity index (χ0v) is 32.1. The van der Waals surface area contributed by atoms with Crippen molar-refractivity contribution >= 4 is 11.8 Å². The second-order valence-corrected chi connectivity index (χ2v) is 15.7. The number of carbonyl (C=O) groups excluding carboxylic acids is 2. The minimum Gasteiger partial charge on any atom is -0.489 e. The first-order chi connectivity index (χ1) is 27.6. The molecule has 0 bridgehead atoms. The van der Waals surface area contributed by atoms with Gasteiger partial charge in [-0.15, -0.1) is 0 Å². The SMILES string of the molecule is O=C(NCc1ccc(OCc2ccccc2)cc1)c1cc(-c2cc3c(cc2C(=O)N2Cc4ccccc4CC2CN2CCOCC2)CNCC3)n2c1CCCC2. The molecule has 2 amide bonds. The average molecular weight is 750 g/mol. The van der Waals surface area contributed by atoms with Crippen molar-refractivity contribution in [3.05, 3.63) is 147 Å². The summed E-state index contributed by atoms with van der Waals surface area (Å²) in [4.78, 5) is 33.9. The quantitative estimate of drug-likeness (QED) is 0.169. The predicted octanol–water partition coefficient (Wildman–Crippen LogP) is 6.55. The Balaban J connectivity index is 1.00. The van der Waals surface area contributed by atoms with Crippen LogP contribution in [0.3, 0.4) is 0 Å². The molecule has 5 heterocycles. The van der Waals surface area contributed by atoms with Crippen LogP contribution < -0.4 is 15.4 Å². The first kappa shape index (κ1) is 36.4. The Morgan fingerprint density at radius 3 is 2.43 bits per heavy atom. The van der Waals surface area contributed by atoms with Gasteiger partial charge in [-0.25, -0.2) is 0 Å². The second kappa shape index (κ2) is 16.5. The third kappa shape index (κ3) is 7.76. The number of carbonyl (C=O) groups is 2. The highest BCUT2D eigenvalue weighted by Gasteiger charge is 2.35. The van der Waals surface area contributed by atoms with Gasteiger partial charge in [0.25, 0.3) is 11.8 Å². The molecule has 4 aliphatic heterocycles. The van der Waals surface area contributed by atoms with Crippen molar-refractivity contribution in [2.75, 3.05) is 39.4 Å². The molecule has 4 aromatic carbocycles. The van der Waals surface area contributed by atoms with Crippen LogP contribution in [0.1, 0.15) is 72.6 Å². The number of aromatic nitrogens is 1. The maximum atomic E-state index is 15.2. The molecule has 1 atom stereocenters. The van der Waals surface area contributed by atoms with Crippen molar-refractivity contribution in [2.24, 2.45) is 0 Å². The van der Waals surface area contributed by atoms with E-state index in [0.717, 1.165) is 124 Å². The van der Waals surface area contributed by atoms with Gasteiger partial charge in [0, 0.05) is 74.4 Å². The maximum Gasteiger partial charge on any atom is 0.255 e. The average Bonchev–Trinajstić information content (AvgIpc) is 3.65. The Labute approximate surface area is 329 Å². The van der Waals surface area contributed by atoms with Gasteiger partial charge in [-0.2, -0.15) is 0 Å². The number of morpholine rings is 1. The van der Waals surface area contributed by atoms with Gasteiger partial charge in [0.15, 0.2) is 0 Å². The predicted molar refractivity (Wildman–Crippen MR) is 218 cm³/mol. The van der Waals surface area contributed by atoms with Crippen LogP contribution in [0.2, 0.25) is 0 Å². The number of nitrogens with one attached hydrogen (secondary N) is 2. The van der Waals surface area contributed by atoms with E-state index in [1.54, 1.807) is 0 Å². The molecule has 0 saturated carbocycles. The van der Waals surface area contributed by atoms with Gasteiger partial charge in [0.1, 0.15) is 12.4 Å². The van der Waals surface area contributed by atoms with Gasteiger partial charge in [-0.3, -0.25) is 14.5 Å². The summed E-state index contributed by atoms with van der Waals surface area (Å²) in [6.45, 7) is 8.01. The van der Waals surface area contributed by atoms with Crippen molar-refractivity contribution in [1.82, 2.24) is 25.0 Å². The summed E-state index contributed by atoms with van der Waals surface area (Å²) in [5, 5.41) is 6.74. The Morgan fingerprint density at radius 1 is 0.786 bits per heavy atom. The van der Waals surface area contributed by atoms with Crippen LogP contribution in [0.4, 0.5) is 0 Å². The van der Waals surface area contributed by atoms with Crippen LogP contribution in [0.5, 0.6) is 5.75 Å². The van der Waals surface area contributed by atoms with Crippen LogP contribution >= 0.6 is 0 Å². The molecule has 9 heteroatoms. The molecule has 56 heavy (non-hydrogen) atoms. The highest BCUT2D eigenvalue weighted by molar-refractivity contribution is 6.03. The molecule has 288 valence electrons. The Morgan fingerprint density at radius 2 is 1.59 bits per heavy atom. The summed E-state index contributed by atoms with van der Waals surface area (Å²) in [5.41, 5.74) is 11.5. The first-order valence-corrected chi connectivity index (χ1v) is 20.4. The lowest BCUT2D eigenvalue weighted by Crippen LogP contribution is -2.52. The van der Waals surface area contributed by atoms with E-state index >= 15 is 4.79 Å². The van der Waals surface area contributed by atoms with Crippen LogP contribution in [-0.2, 0) is 56.8 Å². The third-order valence-corrected chi connectivity index (χ3v) is 12.0. The highest BCUT2D eigenvalue weighted by atomic mass is 16.5. The van der Waals surface area contributed by atoms with Gasteiger partial charge in [-0.05, 0) is 102 Å². The smallest absolute Gasteiger partial charge is 0.255 e. The van der Waals surface area contributed by atoms with Crippen molar-refractivity contribution < 1.29 is 19.1 Å². The van der Waals surface area contributed by atoms with E-state index in [-0.39, 0.29) is 17.9 Å². The molecule has 1 fully saturated rings. The van der Waals surface area contributed by atoms with Gasteiger partial charge >= 0.3 is 0 Å². The molecule has 9 rings (SSSR count). The molecule has 2 N–H and O–H groups in total. The maximum absolute atomic E-state index is 15.2. The standard InChI is InChI=1S/C47H51N5O4/c53-46(49-28-33-13-15-40(16-14-33)56-32-34-8-2-1-3-9-34)43-27-45(51-19-7-6-12-44(43)51)41-25-36-17-18-48-29-38(36)26-42(41)47(54)52-30-37-11-5-4-10-35(37)24-39(52)31-50-20-22-55-23-21-50/h1-5,8-11,13-16,25-27,39,48H,6-7,12,17-24,28-32H2,(H,49,53). The lowest BCUT2D eigenvalue weighted by Gasteiger charge is -2.41. The monoisotopic (exact) mass is 749 g/mol. The Kier molecular flexibility index (Phi) is 10.7. The molecular formula is C47H51N5O4. The van der Waals surface area contributed by atoms with E-state index in [1.165, 1.54) is 22.3 Å². The van der Waals surface area contributed by atoms with Crippen LogP contribution in [0, 0.1) is 0 Å². The fourth-order valence-corrected chi connectivity index (χ4v) is 8.96. The summed E-state index contributed by atoms with van der Waals surface area (Å²) >= 11 is 0. The number of benzene rings is 4. The Bertz CT molecular complexity index is 2190. The van der Waals surface area contributed by atoms with E-state index in [4.69, 9.17) is 9.47 Å². The van der Waals surface area contributed by atoms with Gasteiger partial charge in [-0.1, -0.05) is 66.7 Å². The van der Waals surface area contributed by atoms with E-state index in [9.17, 15) is 4.79 Å². The largest absolute Gasteiger partial charge is 0.489 e. The lowest BCUT2D eigenvalue weighted by molar-refractivity contribution is 0.0193. The number of hydrogen-bond acceptors (Lipinski definition) is 6. The molecule has 0 aliphatic carbocycles. The Hall–Kier alpha value is -5.22. The minimum absolute atomic E-state index is 0.0459. The number of rotatable bonds is 10. The van der Waals surface area contributed by atoms with Gasteiger partial charge in [0.05, 0.1) is 18.8 Å². The zero-order valence-electron chi connectivity index (χ0n) is 32.1. The molecule has 1 saturated heterocycles. The first-order valence-electron chi connectivity index (χ1n) is 20.4. The third-order valence-electron chi connectivity index (χ3n) is 12.0. The highest BCUT2D eigenvalue weighted by Crippen LogP contribution is 2.37. The molecule has 4 aliphatic rings. The van der Waals surface area contributed by atoms with E-state index < -0.39 is 0 Å². The fourth-order valence-electron chi connectivity index (χ4n) is 8.96. The topological polar surface area (TPSA) is 88.1 Å². The van der Waals surface area contributed by atoms with Crippen LogP contribution in [0.25, 0.3) is 11.3 Å². The number of ether oxygens (including phenoxy) is 2. The summed E-state index contributed by atoms with van der Waals surface area (Å²) in [7, 11) is 0. The lowest BCUT2D eigenvalue weighted by atomic mass is 9.89. The van der Waals surface area contributed by atoms with E-state index in [2.05, 4.69) is 79.6 Å². The molecule has 0 radical (unpaired) electrons. The number of nitrogens with zero attached hydrogens (tertiary/aromatic N) is 3. The molecular weight excluding hydrogens is 699 g/mol. The van der Waals surface area contributed by atoms with Gasteiger partial charge < -0.3 is 29.6 Å². The fraction of sp³-hybridized carbons (Fsp3) is 0.362. The van der Waals surface area contributed by atoms with Crippen molar-refractivity contribution in [3.63, 3.8) is 0 Å². The van der Waals surface area contributed by atoms with Crippen LogP contribution in [0.15, 0.2) is 97.1 Å². The van der Waals surface area contributed by atoms with E-state index in [0.29, 0.717) is 25.3 Å². The molecule has 5 aromatic rings. The number of amides is 2. The molecule has 1 aromatic heterocycles. The molecule has 1 unspecified atom stereocenters. The summed E-state index contributed by atoms with van der Waals surface area (Å²) in [5.74, 6) is 0.775. The van der Waals surface area contributed by atoms with Crippen molar-refractivity contribution in [1.29, 1.82) is 0 Å². The normalized spacial score (nSPS) is 18.1. The summed E-state index contributed by atoms with van der Waals surface area (Å²) < 4.78 is 14.0. The zero-order chi connectivity index (χ0) is 37.8. The summed E-state index contributed by atoms with van der Waals surface area (Å²) in [6.07, 6.45) is 4.64. The van der Waals surface area contributed by atoms with Crippen molar-refractivity contribution in [3.8, 4) is 17.0 Å². The number of hydrogen-bond donors (Lipinski definition) is 2. The van der Waals surface area contributed by atoms with Crippen LogP contribution in [-0.4, -0.2) is 71.6 Å². The van der Waals surface area contributed by atoms with Crippen molar-refractivity contribution in [2.45, 2.75) is 70.9 Å². The number of fused-ring (bicyclic) bond motifs is 3. The second-order valence-electron chi connectivity index (χ2n) is 15.7. The summed E-state index contributed by atoms with van der Waals surface area (Å²) in [6, 6.07) is 33.1.